The Kier molecular flexibility index (Phi) is 3.51. The van der Waals surface area contributed by atoms with Crippen LogP contribution >= 0.6 is 27.5 Å². The van der Waals surface area contributed by atoms with Crippen molar-refractivity contribution in [2.45, 2.75) is 6.61 Å². The van der Waals surface area contributed by atoms with Gasteiger partial charge < -0.3 is 9.30 Å². The van der Waals surface area contributed by atoms with Crippen LogP contribution in [-0.2, 0) is 13.7 Å². The largest absolute Gasteiger partial charge is 0.487 e. The van der Waals surface area contributed by atoms with E-state index in [-0.39, 0.29) is 0 Å². The van der Waals surface area contributed by atoms with Crippen LogP contribution in [0.5, 0.6) is 5.75 Å². The number of hydrogen-bond donors (Lipinski definition) is 0. The van der Waals surface area contributed by atoms with Crippen molar-refractivity contribution < 1.29 is 4.74 Å². The molecule has 2 aromatic rings. The van der Waals surface area contributed by atoms with Crippen LogP contribution in [0.15, 0.2) is 35.2 Å². The van der Waals surface area contributed by atoms with Crippen molar-refractivity contribution in [1.82, 2.24) is 9.55 Å². The fourth-order valence-electron chi connectivity index (χ4n) is 1.26. The molecule has 5 heteroatoms. The first-order valence-corrected chi connectivity index (χ1v) is 5.88. The molecular formula is C11H10BrClN2O. The highest BCUT2D eigenvalue weighted by Gasteiger charge is 2.02. The molecule has 0 amide bonds. The zero-order valence-electron chi connectivity index (χ0n) is 8.65. The predicted octanol–water partition coefficient (Wildman–Crippen LogP) is 3.42. The summed E-state index contributed by atoms with van der Waals surface area (Å²) in [6, 6.07) is 7.26. The van der Waals surface area contributed by atoms with Crippen molar-refractivity contribution in [1.29, 1.82) is 0 Å². The fraction of sp³-hybridized carbons (Fsp3) is 0.182. The van der Waals surface area contributed by atoms with Crippen LogP contribution < -0.4 is 4.74 Å². The lowest BCUT2D eigenvalue weighted by Gasteiger charge is -2.03. The maximum absolute atomic E-state index is 5.78. The third-order valence-corrected chi connectivity index (χ3v) is 3.06. The van der Waals surface area contributed by atoms with Crippen LogP contribution in [0.1, 0.15) is 5.69 Å². The molecule has 0 radical (unpaired) electrons. The second kappa shape index (κ2) is 4.89. The summed E-state index contributed by atoms with van der Waals surface area (Å²) in [5.41, 5.74) is 0.879. The summed E-state index contributed by atoms with van der Waals surface area (Å²) < 4.78 is 8.24. The van der Waals surface area contributed by atoms with Crippen LogP contribution in [0.4, 0.5) is 0 Å². The van der Waals surface area contributed by atoms with Crippen LogP contribution in [0.3, 0.4) is 0 Å². The van der Waals surface area contributed by atoms with E-state index < -0.39 is 0 Å². The number of aryl methyl sites for hydroxylation is 1. The highest BCUT2D eigenvalue weighted by molar-refractivity contribution is 9.10. The Hall–Kier alpha value is -1.00. The first kappa shape index (κ1) is 11.5. The van der Waals surface area contributed by atoms with Crippen molar-refractivity contribution in [2.75, 3.05) is 0 Å². The monoisotopic (exact) mass is 300 g/mol. The van der Waals surface area contributed by atoms with Gasteiger partial charge in [-0.2, -0.15) is 0 Å². The summed E-state index contributed by atoms with van der Waals surface area (Å²) >= 11 is 9.11. The summed E-state index contributed by atoms with van der Waals surface area (Å²) in [6.45, 7) is 0.446. The van der Waals surface area contributed by atoms with Crippen LogP contribution in [0.25, 0.3) is 0 Å². The van der Waals surface area contributed by atoms with Gasteiger partial charge in [-0.05, 0) is 40.2 Å². The Morgan fingerprint density at radius 2 is 2.06 bits per heavy atom. The van der Waals surface area contributed by atoms with Gasteiger partial charge in [-0.1, -0.05) is 11.6 Å². The van der Waals surface area contributed by atoms with E-state index in [1.807, 2.05) is 29.9 Å². The predicted molar refractivity (Wildman–Crippen MR) is 66.7 cm³/mol. The number of imidazole rings is 1. The van der Waals surface area contributed by atoms with E-state index in [0.717, 1.165) is 16.2 Å². The normalized spacial score (nSPS) is 10.4. The molecule has 16 heavy (non-hydrogen) atoms. The van der Waals surface area contributed by atoms with Crippen LogP contribution in [0.2, 0.25) is 5.02 Å². The highest BCUT2D eigenvalue weighted by atomic mass is 79.9. The zero-order chi connectivity index (χ0) is 11.5. The van der Waals surface area contributed by atoms with Gasteiger partial charge in [-0.3, -0.25) is 0 Å². The van der Waals surface area contributed by atoms with Crippen LogP contribution in [-0.4, -0.2) is 9.55 Å². The maximum Gasteiger partial charge on any atom is 0.177 e. The molecule has 3 nitrogen and oxygen atoms in total. The molecule has 0 bridgehead atoms. The van der Waals surface area contributed by atoms with E-state index >= 15 is 0 Å². The van der Waals surface area contributed by atoms with E-state index in [2.05, 4.69) is 20.9 Å². The number of benzene rings is 1. The maximum atomic E-state index is 5.78. The minimum absolute atomic E-state index is 0.446. The van der Waals surface area contributed by atoms with Gasteiger partial charge in [0, 0.05) is 18.3 Å². The SMILES string of the molecule is Cn1cc(COc2ccc(Cl)cc2)nc1Br. The third-order valence-electron chi connectivity index (χ3n) is 2.07. The Labute approximate surface area is 107 Å². The first-order chi connectivity index (χ1) is 7.65. The van der Waals surface area contributed by atoms with E-state index in [4.69, 9.17) is 16.3 Å². The Morgan fingerprint density at radius 3 is 2.62 bits per heavy atom. The fourth-order valence-corrected chi connectivity index (χ4v) is 1.72. The van der Waals surface area contributed by atoms with Crippen LogP contribution in [0, 0.1) is 0 Å². The van der Waals surface area contributed by atoms with Crippen molar-refractivity contribution in [2.24, 2.45) is 7.05 Å². The van der Waals surface area contributed by atoms with Crippen molar-refractivity contribution >= 4 is 27.5 Å². The molecule has 0 unspecified atom stereocenters. The van der Waals surface area contributed by atoms with Gasteiger partial charge in [0.15, 0.2) is 4.73 Å². The summed E-state index contributed by atoms with van der Waals surface area (Å²) in [5.74, 6) is 0.783. The second-order valence-corrected chi connectivity index (χ2v) is 4.50. The first-order valence-electron chi connectivity index (χ1n) is 4.71. The van der Waals surface area contributed by atoms with Crippen molar-refractivity contribution in [3.8, 4) is 5.75 Å². The zero-order valence-corrected chi connectivity index (χ0v) is 11.0. The Morgan fingerprint density at radius 1 is 1.38 bits per heavy atom. The van der Waals surface area contributed by atoms with Crippen molar-refractivity contribution in [3.05, 3.63) is 45.9 Å². The van der Waals surface area contributed by atoms with Gasteiger partial charge in [0.25, 0.3) is 0 Å². The molecule has 84 valence electrons. The van der Waals surface area contributed by atoms with Gasteiger partial charge in [0.1, 0.15) is 12.4 Å². The molecule has 0 aliphatic rings. The lowest BCUT2D eigenvalue weighted by atomic mass is 10.3. The molecule has 0 saturated carbocycles. The molecule has 0 N–H and O–H groups in total. The highest BCUT2D eigenvalue weighted by Crippen LogP contribution is 2.17. The molecular weight excluding hydrogens is 291 g/mol. The number of hydrogen-bond acceptors (Lipinski definition) is 2. The van der Waals surface area contributed by atoms with Gasteiger partial charge in [0.2, 0.25) is 0 Å². The quantitative estimate of drug-likeness (QED) is 0.868. The summed E-state index contributed by atoms with van der Waals surface area (Å²) in [7, 11) is 1.92. The smallest absolute Gasteiger partial charge is 0.177 e. The van der Waals surface area contributed by atoms with Gasteiger partial charge in [-0.25, -0.2) is 4.98 Å². The topological polar surface area (TPSA) is 27.1 Å². The molecule has 0 saturated heterocycles. The minimum atomic E-state index is 0.446. The lowest BCUT2D eigenvalue weighted by molar-refractivity contribution is 0.301. The van der Waals surface area contributed by atoms with E-state index in [1.54, 1.807) is 12.1 Å². The number of nitrogens with zero attached hydrogens (tertiary/aromatic N) is 2. The third kappa shape index (κ3) is 2.77. The van der Waals surface area contributed by atoms with E-state index in [9.17, 15) is 0 Å². The molecule has 0 fully saturated rings. The number of ether oxygens (including phenoxy) is 1. The number of rotatable bonds is 3. The van der Waals surface area contributed by atoms with Gasteiger partial charge in [0.05, 0.1) is 5.69 Å². The molecule has 1 heterocycles. The summed E-state index contributed by atoms with van der Waals surface area (Å²) in [5, 5.41) is 0.702. The Balaban J connectivity index is 1.99. The summed E-state index contributed by atoms with van der Waals surface area (Å²) in [4.78, 5) is 4.27. The second-order valence-electron chi connectivity index (χ2n) is 3.35. The van der Waals surface area contributed by atoms with E-state index in [0.29, 0.717) is 11.6 Å². The molecule has 0 aliphatic heterocycles. The minimum Gasteiger partial charge on any atom is -0.487 e. The molecule has 0 aliphatic carbocycles. The lowest BCUT2D eigenvalue weighted by Crippen LogP contribution is -1.95. The molecule has 2 rings (SSSR count). The molecule has 0 spiro atoms. The van der Waals surface area contributed by atoms with Gasteiger partial charge >= 0.3 is 0 Å². The average molecular weight is 302 g/mol. The standard InChI is InChI=1S/C11H10BrClN2O/c1-15-6-9(14-11(15)12)7-16-10-4-2-8(13)3-5-10/h2-6H,7H2,1H3. The number of aromatic nitrogens is 2. The average Bonchev–Trinajstić information content (AvgIpc) is 2.58. The van der Waals surface area contributed by atoms with E-state index in [1.165, 1.54) is 0 Å². The molecule has 1 aromatic heterocycles. The molecule has 1 aromatic carbocycles. The van der Waals surface area contributed by atoms with Gasteiger partial charge in [-0.15, -0.1) is 0 Å². The number of halogens is 2. The summed E-state index contributed by atoms with van der Waals surface area (Å²) in [6.07, 6.45) is 1.92. The molecule has 0 atom stereocenters. The van der Waals surface area contributed by atoms with Crippen molar-refractivity contribution in [3.63, 3.8) is 0 Å². The Bertz CT molecular complexity index is 462.